The van der Waals surface area contributed by atoms with Crippen LogP contribution in [0.2, 0.25) is 5.02 Å². The molecule has 1 aromatic carbocycles. The molecule has 0 fully saturated rings. The van der Waals surface area contributed by atoms with E-state index in [1.807, 2.05) is 32.2 Å². The molecule has 0 spiro atoms. The Morgan fingerprint density at radius 1 is 1.41 bits per heavy atom. The molecule has 0 amide bonds. The van der Waals surface area contributed by atoms with Crippen molar-refractivity contribution in [1.82, 2.24) is 9.78 Å². The summed E-state index contributed by atoms with van der Waals surface area (Å²) >= 11 is 6.05. The number of nitrogens with zero attached hydrogens (tertiary/aromatic N) is 2. The third-order valence-corrected chi connectivity index (χ3v) is 3.21. The minimum Gasteiger partial charge on any atom is -0.384 e. The molecule has 4 heteroatoms. The number of aliphatic hydroxyl groups is 1. The summed E-state index contributed by atoms with van der Waals surface area (Å²) in [5.41, 5.74) is 2.58. The van der Waals surface area contributed by atoms with Gasteiger partial charge in [0.05, 0.1) is 6.20 Å². The predicted octanol–water partition coefficient (Wildman–Crippen LogP) is 2.95. The molecule has 0 saturated carbocycles. The molecule has 1 heterocycles. The smallest absolute Gasteiger partial charge is 0.107 e. The largest absolute Gasteiger partial charge is 0.384 e. The Balaban J connectivity index is 2.29. The highest BCUT2D eigenvalue weighted by Crippen LogP contribution is 2.25. The molecule has 2 aromatic rings. The second kappa shape index (κ2) is 4.90. The Labute approximate surface area is 106 Å². The lowest BCUT2D eigenvalue weighted by Crippen LogP contribution is -1.99. The van der Waals surface area contributed by atoms with Crippen LogP contribution >= 0.6 is 11.6 Å². The van der Waals surface area contributed by atoms with Crippen LogP contribution in [-0.2, 0) is 6.54 Å². The van der Waals surface area contributed by atoms with Crippen molar-refractivity contribution in [2.75, 3.05) is 0 Å². The number of hydrogen-bond acceptors (Lipinski definition) is 2. The van der Waals surface area contributed by atoms with E-state index in [9.17, 15) is 5.11 Å². The Bertz CT molecular complexity index is 522. The van der Waals surface area contributed by atoms with E-state index in [-0.39, 0.29) is 0 Å². The number of aromatic nitrogens is 2. The lowest BCUT2D eigenvalue weighted by molar-refractivity contribution is 0.220. The fourth-order valence-electron chi connectivity index (χ4n) is 1.67. The van der Waals surface area contributed by atoms with Crippen molar-refractivity contribution in [2.24, 2.45) is 0 Å². The standard InChI is InChI=1S/C13H15ClN2O/c1-3-16-8-11(7-15-16)13(17)10-5-4-9(2)12(14)6-10/h4-8,13,17H,3H2,1-2H3. The monoisotopic (exact) mass is 250 g/mol. The molecule has 90 valence electrons. The average Bonchev–Trinajstić information content (AvgIpc) is 2.80. The van der Waals surface area contributed by atoms with Crippen molar-refractivity contribution < 1.29 is 5.11 Å². The van der Waals surface area contributed by atoms with E-state index in [0.717, 1.165) is 23.2 Å². The maximum Gasteiger partial charge on any atom is 0.107 e. The topological polar surface area (TPSA) is 38.0 Å². The molecule has 1 atom stereocenters. The summed E-state index contributed by atoms with van der Waals surface area (Å²) in [6.07, 6.45) is 2.86. The fraction of sp³-hybridized carbons (Fsp3) is 0.308. The number of halogens is 1. The summed E-state index contributed by atoms with van der Waals surface area (Å²) in [5.74, 6) is 0. The van der Waals surface area contributed by atoms with Crippen LogP contribution in [0.5, 0.6) is 0 Å². The summed E-state index contributed by atoms with van der Waals surface area (Å²) in [6.45, 7) is 4.74. The first-order valence-electron chi connectivity index (χ1n) is 5.58. The third-order valence-electron chi connectivity index (χ3n) is 2.80. The van der Waals surface area contributed by atoms with E-state index in [0.29, 0.717) is 5.02 Å². The van der Waals surface area contributed by atoms with Crippen LogP contribution < -0.4 is 0 Å². The van der Waals surface area contributed by atoms with Crippen LogP contribution in [0.4, 0.5) is 0 Å². The molecule has 1 aromatic heterocycles. The summed E-state index contributed by atoms with van der Waals surface area (Å²) in [4.78, 5) is 0. The second-order valence-electron chi connectivity index (χ2n) is 4.04. The Morgan fingerprint density at radius 2 is 2.18 bits per heavy atom. The van der Waals surface area contributed by atoms with Gasteiger partial charge < -0.3 is 5.11 Å². The SMILES string of the molecule is CCn1cc(C(O)c2ccc(C)c(Cl)c2)cn1. The van der Waals surface area contributed by atoms with Crippen LogP contribution in [0.15, 0.2) is 30.6 Å². The van der Waals surface area contributed by atoms with E-state index in [1.54, 1.807) is 16.9 Å². The minimum atomic E-state index is -0.673. The van der Waals surface area contributed by atoms with Crippen molar-refractivity contribution in [3.05, 3.63) is 52.3 Å². The molecule has 17 heavy (non-hydrogen) atoms. The first kappa shape index (κ1) is 12.1. The van der Waals surface area contributed by atoms with Crippen LogP contribution in [0.25, 0.3) is 0 Å². The highest BCUT2D eigenvalue weighted by Gasteiger charge is 2.13. The van der Waals surface area contributed by atoms with Crippen molar-refractivity contribution >= 4 is 11.6 Å². The second-order valence-corrected chi connectivity index (χ2v) is 4.45. The average molecular weight is 251 g/mol. The van der Waals surface area contributed by atoms with Crippen molar-refractivity contribution in [3.8, 4) is 0 Å². The van der Waals surface area contributed by atoms with Crippen molar-refractivity contribution in [1.29, 1.82) is 0 Å². The molecule has 0 aliphatic heterocycles. The van der Waals surface area contributed by atoms with Gasteiger partial charge in [-0.2, -0.15) is 5.10 Å². The van der Waals surface area contributed by atoms with Gasteiger partial charge in [0, 0.05) is 23.3 Å². The van der Waals surface area contributed by atoms with Gasteiger partial charge in [-0.25, -0.2) is 0 Å². The van der Waals surface area contributed by atoms with Crippen molar-refractivity contribution in [3.63, 3.8) is 0 Å². The number of aryl methyl sites for hydroxylation is 2. The summed E-state index contributed by atoms with van der Waals surface area (Å²) < 4.78 is 1.79. The summed E-state index contributed by atoms with van der Waals surface area (Å²) in [5, 5.41) is 15.0. The number of rotatable bonds is 3. The lowest BCUT2D eigenvalue weighted by atomic mass is 10.0. The molecule has 2 rings (SSSR count). The zero-order valence-corrected chi connectivity index (χ0v) is 10.6. The van der Waals surface area contributed by atoms with Crippen LogP contribution in [0.1, 0.15) is 29.7 Å². The van der Waals surface area contributed by atoms with Gasteiger partial charge in [0.2, 0.25) is 0 Å². The zero-order chi connectivity index (χ0) is 12.4. The van der Waals surface area contributed by atoms with Gasteiger partial charge in [-0.15, -0.1) is 0 Å². The van der Waals surface area contributed by atoms with E-state index < -0.39 is 6.10 Å². The van der Waals surface area contributed by atoms with E-state index >= 15 is 0 Å². The summed E-state index contributed by atoms with van der Waals surface area (Å²) in [6, 6.07) is 5.59. The first-order valence-corrected chi connectivity index (χ1v) is 5.96. The van der Waals surface area contributed by atoms with Gasteiger partial charge in [0.25, 0.3) is 0 Å². The minimum absolute atomic E-state index is 0.671. The Morgan fingerprint density at radius 3 is 2.76 bits per heavy atom. The maximum absolute atomic E-state index is 10.2. The number of aliphatic hydroxyl groups excluding tert-OH is 1. The van der Waals surface area contributed by atoms with Gasteiger partial charge in [-0.1, -0.05) is 23.7 Å². The number of benzene rings is 1. The number of hydrogen-bond donors (Lipinski definition) is 1. The molecule has 0 aliphatic carbocycles. The molecule has 0 radical (unpaired) electrons. The van der Waals surface area contributed by atoms with Crippen molar-refractivity contribution in [2.45, 2.75) is 26.5 Å². The van der Waals surface area contributed by atoms with Gasteiger partial charge in [-0.3, -0.25) is 4.68 Å². The molecule has 0 aliphatic rings. The van der Waals surface area contributed by atoms with Gasteiger partial charge in [0.15, 0.2) is 0 Å². The molecule has 3 nitrogen and oxygen atoms in total. The summed E-state index contributed by atoms with van der Waals surface area (Å²) in [7, 11) is 0. The zero-order valence-electron chi connectivity index (χ0n) is 9.89. The molecule has 1 N–H and O–H groups in total. The van der Waals surface area contributed by atoms with Gasteiger partial charge in [0.1, 0.15) is 6.10 Å². The fourth-order valence-corrected chi connectivity index (χ4v) is 1.85. The first-order chi connectivity index (χ1) is 8.11. The predicted molar refractivity (Wildman–Crippen MR) is 68.2 cm³/mol. The quantitative estimate of drug-likeness (QED) is 0.910. The third kappa shape index (κ3) is 2.51. The van der Waals surface area contributed by atoms with Crippen LogP contribution in [0, 0.1) is 6.92 Å². The van der Waals surface area contributed by atoms with E-state index in [4.69, 9.17) is 11.6 Å². The molecular weight excluding hydrogens is 236 g/mol. The van der Waals surface area contributed by atoms with E-state index in [1.165, 1.54) is 0 Å². The van der Waals surface area contributed by atoms with E-state index in [2.05, 4.69) is 5.10 Å². The molecule has 0 saturated heterocycles. The molecular formula is C13H15ClN2O. The normalized spacial score (nSPS) is 12.7. The van der Waals surface area contributed by atoms with Crippen LogP contribution in [0.3, 0.4) is 0 Å². The Hall–Kier alpha value is -1.32. The van der Waals surface area contributed by atoms with Gasteiger partial charge in [-0.05, 0) is 31.0 Å². The highest BCUT2D eigenvalue weighted by molar-refractivity contribution is 6.31. The molecule has 1 unspecified atom stereocenters. The van der Waals surface area contributed by atoms with Crippen LogP contribution in [-0.4, -0.2) is 14.9 Å². The lowest BCUT2D eigenvalue weighted by Gasteiger charge is -2.10. The maximum atomic E-state index is 10.2. The Kier molecular flexibility index (Phi) is 3.50. The highest BCUT2D eigenvalue weighted by atomic mass is 35.5. The molecule has 0 bridgehead atoms. The van der Waals surface area contributed by atoms with Gasteiger partial charge >= 0.3 is 0 Å².